The van der Waals surface area contributed by atoms with E-state index in [1.807, 2.05) is 6.92 Å². The Morgan fingerprint density at radius 1 is 1.16 bits per heavy atom. The summed E-state index contributed by atoms with van der Waals surface area (Å²) >= 11 is 0. The quantitative estimate of drug-likeness (QED) is 0.480. The van der Waals surface area contributed by atoms with Gasteiger partial charge in [0.2, 0.25) is 5.91 Å². The van der Waals surface area contributed by atoms with Crippen molar-refractivity contribution in [2.75, 3.05) is 29.6 Å². The van der Waals surface area contributed by atoms with Crippen LogP contribution in [0.25, 0.3) is 11.8 Å². The SMILES string of the molecule is CCCc1nccc(C)c1-n1c2c(c(N3CCN(C(=O)/C=C/C(C)=O)C[C@@H]3C)nc1=O)C=C(F)C(=C1C(=O)C=CC=C1F)N2O. The Morgan fingerprint density at radius 3 is 2.58 bits per heavy atom. The van der Waals surface area contributed by atoms with E-state index in [0.29, 0.717) is 34.8 Å². The molecular weight excluding hydrogens is 586 g/mol. The summed E-state index contributed by atoms with van der Waals surface area (Å²) in [4.78, 5) is 62.7. The lowest BCUT2D eigenvalue weighted by atomic mass is 9.98. The number of piperazine rings is 1. The fourth-order valence-electron chi connectivity index (χ4n) is 5.73. The van der Waals surface area contributed by atoms with Crippen LogP contribution in [0.5, 0.6) is 0 Å². The van der Waals surface area contributed by atoms with Gasteiger partial charge in [-0.3, -0.25) is 24.6 Å². The second-order valence-electron chi connectivity index (χ2n) is 11.0. The molecule has 1 amide bonds. The van der Waals surface area contributed by atoms with E-state index in [1.165, 1.54) is 25.2 Å². The van der Waals surface area contributed by atoms with Gasteiger partial charge in [-0.05, 0) is 63.1 Å². The average molecular weight is 619 g/mol. The Hall–Kier alpha value is -5.04. The summed E-state index contributed by atoms with van der Waals surface area (Å²) in [5.74, 6) is -3.87. The van der Waals surface area contributed by atoms with Crippen LogP contribution in [-0.4, -0.2) is 67.8 Å². The maximum Gasteiger partial charge on any atom is 0.355 e. The van der Waals surface area contributed by atoms with Gasteiger partial charge in [0, 0.05) is 37.9 Å². The number of nitrogens with zero attached hydrogens (tertiary/aromatic N) is 6. The number of pyridine rings is 1. The highest BCUT2D eigenvalue weighted by Crippen LogP contribution is 2.42. The number of carbonyl (C=O) groups is 3. The van der Waals surface area contributed by atoms with Gasteiger partial charge in [0.05, 0.1) is 22.5 Å². The summed E-state index contributed by atoms with van der Waals surface area (Å²) < 4.78 is 32.1. The molecule has 1 fully saturated rings. The van der Waals surface area contributed by atoms with E-state index >= 15 is 8.78 Å². The number of hydroxylamine groups is 1. The number of halogens is 2. The monoisotopic (exact) mass is 618 g/mol. The number of rotatable bonds is 6. The average Bonchev–Trinajstić information content (AvgIpc) is 2.98. The van der Waals surface area contributed by atoms with Gasteiger partial charge in [-0.2, -0.15) is 4.98 Å². The maximum absolute atomic E-state index is 16.0. The van der Waals surface area contributed by atoms with E-state index in [-0.39, 0.29) is 48.5 Å². The normalized spacial score (nSPS) is 20.0. The van der Waals surface area contributed by atoms with Gasteiger partial charge in [0.1, 0.15) is 17.3 Å². The summed E-state index contributed by atoms with van der Waals surface area (Å²) in [6, 6.07) is 1.25. The van der Waals surface area contributed by atoms with Crippen LogP contribution in [0.3, 0.4) is 0 Å². The van der Waals surface area contributed by atoms with Crippen molar-refractivity contribution in [2.45, 2.75) is 46.6 Å². The van der Waals surface area contributed by atoms with Gasteiger partial charge in [-0.1, -0.05) is 19.4 Å². The molecule has 1 atom stereocenters. The van der Waals surface area contributed by atoms with Crippen molar-refractivity contribution in [3.63, 3.8) is 0 Å². The lowest BCUT2D eigenvalue weighted by molar-refractivity contribution is -0.127. The zero-order valence-corrected chi connectivity index (χ0v) is 25.3. The number of hydrogen-bond donors (Lipinski definition) is 1. The van der Waals surface area contributed by atoms with Gasteiger partial charge in [-0.15, -0.1) is 0 Å². The number of ketones is 2. The molecule has 2 aromatic rings. The van der Waals surface area contributed by atoms with E-state index in [0.717, 1.165) is 22.8 Å². The number of allylic oxidation sites excluding steroid dienone is 7. The van der Waals surface area contributed by atoms with Crippen LogP contribution >= 0.6 is 0 Å². The van der Waals surface area contributed by atoms with Crippen LogP contribution in [0.2, 0.25) is 0 Å². The van der Waals surface area contributed by atoms with Crippen molar-refractivity contribution in [3.05, 3.63) is 92.9 Å². The van der Waals surface area contributed by atoms with Crippen LogP contribution in [0, 0.1) is 6.92 Å². The zero-order chi connectivity index (χ0) is 32.6. The molecule has 45 heavy (non-hydrogen) atoms. The van der Waals surface area contributed by atoms with E-state index < -0.39 is 40.4 Å². The Kier molecular flexibility index (Phi) is 8.73. The number of amides is 1. The lowest BCUT2D eigenvalue weighted by Gasteiger charge is -2.41. The van der Waals surface area contributed by atoms with Crippen molar-refractivity contribution < 1.29 is 28.4 Å². The predicted octanol–water partition coefficient (Wildman–Crippen LogP) is 3.84. The third-order valence-electron chi connectivity index (χ3n) is 7.79. The highest BCUT2D eigenvalue weighted by Gasteiger charge is 2.38. The minimum Gasteiger partial charge on any atom is -0.350 e. The molecule has 1 aliphatic carbocycles. The molecule has 0 aromatic carbocycles. The van der Waals surface area contributed by atoms with Crippen LogP contribution in [0.4, 0.5) is 20.4 Å². The largest absolute Gasteiger partial charge is 0.355 e. The number of anilines is 2. The third kappa shape index (κ3) is 5.78. The summed E-state index contributed by atoms with van der Waals surface area (Å²) in [6.45, 7) is 7.40. The van der Waals surface area contributed by atoms with Gasteiger partial charge >= 0.3 is 5.69 Å². The molecule has 11 nitrogen and oxygen atoms in total. The second kappa shape index (κ2) is 12.5. The van der Waals surface area contributed by atoms with Crippen LogP contribution in [0.15, 0.2) is 70.4 Å². The fourth-order valence-corrected chi connectivity index (χ4v) is 5.73. The molecule has 2 aromatic heterocycles. The van der Waals surface area contributed by atoms with Crippen molar-refractivity contribution in [1.82, 2.24) is 19.4 Å². The Morgan fingerprint density at radius 2 is 1.91 bits per heavy atom. The number of carbonyl (C=O) groups excluding carboxylic acids is 3. The second-order valence-corrected chi connectivity index (χ2v) is 11.0. The van der Waals surface area contributed by atoms with E-state index in [2.05, 4.69) is 9.97 Å². The first kappa shape index (κ1) is 31.4. The van der Waals surface area contributed by atoms with Crippen molar-refractivity contribution in [2.24, 2.45) is 0 Å². The van der Waals surface area contributed by atoms with Crippen LogP contribution in [-0.2, 0) is 20.8 Å². The highest BCUT2D eigenvalue weighted by atomic mass is 19.1. The minimum atomic E-state index is -1.12. The first-order valence-electron chi connectivity index (χ1n) is 14.5. The Labute approximate surface area is 257 Å². The Balaban J connectivity index is 1.73. The van der Waals surface area contributed by atoms with Crippen molar-refractivity contribution in [1.29, 1.82) is 0 Å². The summed E-state index contributed by atoms with van der Waals surface area (Å²) in [6.07, 6.45) is 9.34. The summed E-state index contributed by atoms with van der Waals surface area (Å²) in [7, 11) is 0. The van der Waals surface area contributed by atoms with Crippen LogP contribution in [0.1, 0.15) is 44.0 Å². The fraction of sp³-hybridized carbons (Fsp3) is 0.312. The molecule has 1 N–H and O–H groups in total. The molecule has 0 radical (unpaired) electrons. The first-order valence-corrected chi connectivity index (χ1v) is 14.5. The van der Waals surface area contributed by atoms with E-state index in [9.17, 15) is 24.4 Å². The summed E-state index contributed by atoms with van der Waals surface area (Å²) in [5.41, 5.74) is -0.802. The third-order valence-corrected chi connectivity index (χ3v) is 7.79. The first-order chi connectivity index (χ1) is 21.4. The number of aryl methyl sites for hydroxylation is 2. The molecule has 0 spiro atoms. The predicted molar refractivity (Wildman–Crippen MR) is 163 cm³/mol. The lowest BCUT2D eigenvalue weighted by Crippen LogP contribution is -2.54. The Bertz CT molecular complexity index is 1820. The van der Waals surface area contributed by atoms with Crippen molar-refractivity contribution >= 4 is 35.2 Å². The van der Waals surface area contributed by atoms with Gasteiger partial charge in [0.15, 0.2) is 23.2 Å². The molecule has 234 valence electrons. The number of fused-ring (bicyclic) bond motifs is 1. The minimum absolute atomic E-state index is 0.0101. The molecule has 3 aliphatic rings. The molecule has 13 heteroatoms. The zero-order valence-electron chi connectivity index (χ0n) is 25.3. The topological polar surface area (TPSA) is 129 Å². The molecule has 2 aliphatic heterocycles. The molecule has 4 heterocycles. The number of aromatic nitrogens is 3. The summed E-state index contributed by atoms with van der Waals surface area (Å²) in [5, 5.41) is 12.0. The van der Waals surface area contributed by atoms with Crippen LogP contribution < -0.4 is 15.7 Å². The number of hydrogen-bond acceptors (Lipinski definition) is 9. The molecule has 1 saturated heterocycles. The van der Waals surface area contributed by atoms with Gasteiger partial charge in [-0.25, -0.2) is 23.2 Å². The van der Waals surface area contributed by atoms with E-state index in [1.54, 1.807) is 35.9 Å². The molecular formula is C32H32F2N6O5. The molecule has 0 saturated carbocycles. The molecule has 0 unspecified atom stereocenters. The van der Waals surface area contributed by atoms with Crippen molar-refractivity contribution in [3.8, 4) is 5.69 Å². The standard InChI is InChI=1S/C32H32F2N6O5/c1-5-7-24-28(18(2)12-13-35-24)39-31-21(16-23(34)29(40(31)45)27-22(33)8-6-9-25(27)42)30(36-32(39)44)38-15-14-37(17-19(38)3)26(43)11-10-20(4)41/h6,8-13,16,19,45H,5,7,14-15,17H2,1-4H3/b11-10+,29-27?/t19-/m0/s1. The van der Waals surface area contributed by atoms with Gasteiger partial charge < -0.3 is 9.80 Å². The smallest absolute Gasteiger partial charge is 0.350 e. The van der Waals surface area contributed by atoms with Gasteiger partial charge in [0.25, 0.3) is 0 Å². The van der Waals surface area contributed by atoms with E-state index in [4.69, 9.17) is 0 Å². The molecule has 0 bridgehead atoms. The maximum atomic E-state index is 16.0. The molecule has 5 rings (SSSR count). The highest BCUT2D eigenvalue weighted by molar-refractivity contribution is 6.10.